The highest BCUT2D eigenvalue weighted by molar-refractivity contribution is 5.97. The summed E-state index contributed by atoms with van der Waals surface area (Å²) in [6.45, 7) is 0.842. The number of carbonyl (C=O) groups is 3. The lowest BCUT2D eigenvalue weighted by Gasteiger charge is -2.44. The maximum Gasteiger partial charge on any atom is 0.327 e. The number of piperidine rings is 1. The second-order valence-electron chi connectivity index (χ2n) is 6.90. The van der Waals surface area contributed by atoms with Gasteiger partial charge in [-0.3, -0.25) is 14.5 Å². The van der Waals surface area contributed by atoms with Gasteiger partial charge in [0.1, 0.15) is 0 Å². The molecule has 0 aromatic heterocycles. The average Bonchev–Trinajstić information content (AvgIpc) is 2.57. The fraction of sp³-hybridized carbons (Fsp3) is 0.500. The number of benzene rings is 1. The molecule has 2 saturated heterocycles. The van der Waals surface area contributed by atoms with Gasteiger partial charge in [0.05, 0.1) is 6.54 Å². The maximum absolute atomic E-state index is 12.9. The van der Waals surface area contributed by atoms with Crippen molar-refractivity contribution < 1.29 is 14.4 Å². The molecule has 0 spiro atoms. The molecule has 0 aliphatic carbocycles. The Bertz CT molecular complexity index is 703. The molecular formula is C18H21N3O3. The molecule has 2 fully saturated rings. The fourth-order valence-electron chi connectivity index (χ4n) is 3.99. The monoisotopic (exact) mass is 327 g/mol. The van der Waals surface area contributed by atoms with Crippen molar-refractivity contribution in [2.45, 2.75) is 50.7 Å². The quantitative estimate of drug-likeness (QED) is 0.893. The van der Waals surface area contributed by atoms with Crippen LogP contribution in [0, 0.1) is 0 Å². The van der Waals surface area contributed by atoms with E-state index in [0.29, 0.717) is 19.4 Å². The molecule has 0 saturated carbocycles. The van der Waals surface area contributed by atoms with Crippen molar-refractivity contribution in [3.8, 4) is 0 Å². The van der Waals surface area contributed by atoms with E-state index in [1.165, 1.54) is 10.5 Å². The van der Waals surface area contributed by atoms with Gasteiger partial charge in [-0.2, -0.15) is 0 Å². The van der Waals surface area contributed by atoms with Gasteiger partial charge in [-0.1, -0.05) is 24.3 Å². The SMILES string of the molecule is O=C1CCC[C@H](CN2C(=O)C[C@@H]3Cc4ccccc4CN3C2=O)N1. The number of nitrogens with zero attached hydrogens (tertiary/aromatic N) is 2. The van der Waals surface area contributed by atoms with Gasteiger partial charge < -0.3 is 10.2 Å². The molecule has 3 aliphatic rings. The Hall–Kier alpha value is -2.37. The minimum absolute atomic E-state index is 0.00735. The van der Waals surface area contributed by atoms with Crippen LogP contribution in [0.3, 0.4) is 0 Å². The smallest absolute Gasteiger partial charge is 0.327 e. The van der Waals surface area contributed by atoms with E-state index in [1.807, 2.05) is 23.1 Å². The van der Waals surface area contributed by atoms with Gasteiger partial charge in [0.15, 0.2) is 0 Å². The number of hydrogen-bond donors (Lipinski definition) is 1. The van der Waals surface area contributed by atoms with Crippen LogP contribution in [0.15, 0.2) is 24.3 Å². The minimum atomic E-state index is -0.217. The summed E-state index contributed by atoms with van der Waals surface area (Å²) in [4.78, 5) is 40.0. The highest BCUT2D eigenvalue weighted by Gasteiger charge is 2.41. The summed E-state index contributed by atoms with van der Waals surface area (Å²) in [7, 11) is 0. The molecule has 24 heavy (non-hydrogen) atoms. The van der Waals surface area contributed by atoms with E-state index in [-0.39, 0.29) is 36.5 Å². The number of hydrogen-bond acceptors (Lipinski definition) is 3. The zero-order chi connectivity index (χ0) is 16.7. The summed E-state index contributed by atoms with van der Waals surface area (Å²) >= 11 is 0. The number of carbonyl (C=O) groups excluding carboxylic acids is 3. The van der Waals surface area contributed by atoms with E-state index < -0.39 is 0 Å². The molecule has 4 rings (SSSR count). The average molecular weight is 327 g/mol. The van der Waals surface area contributed by atoms with E-state index in [0.717, 1.165) is 24.8 Å². The molecule has 3 heterocycles. The topological polar surface area (TPSA) is 69.7 Å². The summed E-state index contributed by atoms with van der Waals surface area (Å²) in [5, 5.41) is 2.89. The van der Waals surface area contributed by atoms with Crippen molar-refractivity contribution in [2.24, 2.45) is 0 Å². The van der Waals surface area contributed by atoms with E-state index in [4.69, 9.17) is 0 Å². The predicted octanol–water partition coefficient (Wildman–Crippen LogP) is 1.43. The zero-order valence-corrected chi connectivity index (χ0v) is 13.5. The first-order valence-corrected chi connectivity index (χ1v) is 8.59. The Morgan fingerprint density at radius 3 is 2.67 bits per heavy atom. The molecule has 0 unspecified atom stereocenters. The summed E-state index contributed by atoms with van der Waals surface area (Å²) in [6, 6.07) is 7.72. The number of fused-ring (bicyclic) bond motifs is 2. The lowest BCUT2D eigenvalue weighted by atomic mass is 9.90. The van der Waals surface area contributed by atoms with Crippen LogP contribution < -0.4 is 5.32 Å². The first-order valence-electron chi connectivity index (χ1n) is 8.59. The highest BCUT2D eigenvalue weighted by atomic mass is 16.2. The lowest BCUT2D eigenvalue weighted by molar-refractivity contribution is -0.134. The second-order valence-corrected chi connectivity index (χ2v) is 6.90. The Balaban J connectivity index is 1.51. The number of urea groups is 1. The molecule has 0 bridgehead atoms. The minimum Gasteiger partial charge on any atom is -0.352 e. The first-order chi connectivity index (χ1) is 11.6. The first kappa shape index (κ1) is 15.2. The molecule has 2 atom stereocenters. The van der Waals surface area contributed by atoms with Gasteiger partial charge in [-0.25, -0.2) is 4.79 Å². The number of amides is 4. The van der Waals surface area contributed by atoms with Gasteiger partial charge >= 0.3 is 6.03 Å². The standard InChI is InChI=1S/C18H21N3O3/c22-16-7-3-6-14(19-16)11-21-17(23)9-15-8-12-4-1-2-5-13(12)10-20(15)18(21)24/h1-2,4-5,14-15H,3,6-11H2,(H,19,22)/t14-,15+/m1/s1. The molecule has 1 aromatic rings. The number of nitrogens with one attached hydrogen (secondary N) is 1. The Kier molecular flexibility index (Phi) is 3.75. The van der Waals surface area contributed by atoms with Crippen molar-refractivity contribution in [2.75, 3.05) is 6.54 Å². The van der Waals surface area contributed by atoms with Crippen molar-refractivity contribution in [3.63, 3.8) is 0 Å². The van der Waals surface area contributed by atoms with Crippen LogP contribution in [0.2, 0.25) is 0 Å². The third-order valence-corrected chi connectivity index (χ3v) is 5.27. The summed E-state index contributed by atoms with van der Waals surface area (Å²) in [5.41, 5.74) is 2.38. The van der Waals surface area contributed by atoms with Gasteiger partial charge in [0, 0.05) is 31.5 Å². The summed E-state index contributed by atoms with van der Waals surface area (Å²) < 4.78 is 0. The summed E-state index contributed by atoms with van der Waals surface area (Å²) in [6.07, 6.45) is 3.26. The third kappa shape index (κ3) is 2.66. The molecular weight excluding hydrogens is 306 g/mol. The molecule has 1 N–H and O–H groups in total. The maximum atomic E-state index is 12.9. The number of rotatable bonds is 2. The molecule has 6 nitrogen and oxygen atoms in total. The van der Waals surface area contributed by atoms with Crippen LogP contribution in [-0.4, -0.2) is 46.3 Å². The van der Waals surface area contributed by atoms with E-state index in [2.05, 4.69) is 11.4 Å². The molecule has 0 radical (unpaired) electrons. The van der Waals surface area contributed by atoms with Crippen LogP contribution in [0.5, 0.6) is 0 Å². The van der Waals surface area contributed by atoms with Crippen molar-refractivity contribution >= 4 is 17.8 Å². The largest absolute Gasteiger partial charge is 0.352 e. The Morgan fingerprint density at radius 2 is 1.88 bits per heavy atom. The van der Waals surface area contributed by atoms with Gasteiger partial charge in [-0.15, -0.1) is 0 Å². The molecule has 126 valence electrons. The van der Waals surface area contributed by atoms with E-state index >= 15 is 0 Å². The fourth-order valence-corrected chi connectivity index (χ4v) is 3.99. The van der Waals surface area contributed by atoms with Gasteiger partial charge in [0.25, 0.3) is 0 Å². The van der Waals surface area contributed by atoms with Gasteiger partial charge in [-0.05, 0) is 30.4 Å². The second kappa shape index (κ2) is 5.92. The Morgan fingerprint density at radius 1 is 1.08 bits per heavy atom. The van der Waals surface area contributed by atoms with Crippen LogP contribution in [0.1, 0.15) is 36.8 Å². The van der Waals surface area contributed by atoms with Crippen LogP contribution in [0.4, 0.5) is 4.79 Å². The zero-order valence-electron chi connectivity index (χ0n) is 13.5. The van der Waals surface area contributed by atoms with Crippen molar-refractivity contribution in [3.05, 3.63) is 35.4 Å². The van der Waals surface area contributed by atoms with Crippen LogP contribution >= 0.6 is 0 Å². The van der Waals surface area contributed by atoms with Gasteiger partial charge in [0.2, 0.25) is 11.8 Å². The Labute approximate surface area is 140 Å². The highest BCUT2D eigenvalue weighted by Crippen LogP contribution is 2.30. The van der Waals surface area contributed by atoms with Crippen molar-refractivity contribution in [1.29, 1.82) is 0 Å². The third-order valence-electron chi connectivity index (χ3n) is 5.27. The number of imide groups is 1. The van der Waals surface area contributed by atoms with Crippen molar-refractivity contribution in [1.82, 2.24) is 15.1 Å². The summed E-state index contributed by atoms with van der Waals surface area (Å²) in [5.74, 6) is -0.117. The van der Waals surface area contributed by atoms with E-state index in [1.54, 1.807) is 0 Å². The predicted molar refractivity (Wildman–Crippen MR) is 87.0 cm³/mol. The lowest BCUT2D eigenvalue weighted by Crippen LogP contribution is -2.61. The van der Waals surface area contributed by atoms with E-state index in [9.17, 15) is 14.4 Å². The molecule has 6 heteroatoms. The normalized spacial score (nSPS) is 26.8. The molecule has 1 aromatic carbocycles. The van der Waals surface area contributed by atoms with Crippen LogP contribution in [0.25, 0.3) is 0 Å². The molecule has 4 amide bonds. The van der Waals surface area contributed by atoms with Crippen LogP contribution in [-0.2, 0) is 22.6 Å². The molecule has 3 aliphatic heterocycles.